The number of aromatic nitrogens is 2. The summed E-state index contributed by atoms with van der Waals surface area (Å²) in [5.74, 6) is -0.0163. The maximum atomic E-state index is 11.8. The lowest BCUT2D eigenvalue weighted by molar-refractivity contribution is -0.753. The average molecular weight is 268 g/mol. The summed E-state index contributed by atoms with van der Waals surface area (Å²) in [7, 11) is 3.60. The van der Waals surface area contributed by atoms with Crippen molar-refractivity contribution >= 4 is 23.4 Å². The molecule has 1 aromatic carbocycles. The van der Waals surface area contributed by atoms with Crippen molar-refractivity contribution in [3.05, 3.63) is 41.0 Å². The summed E-state index contributed by atoms with van der Waals surface area (Å²) < 4.78 is 4.96. The molecule has 2 aromatic rings. The van der Waals surface area contributed by atoms with Gasteiger partial charge in [-0.1, -0.05) is 11.6 Å². The standard InChI is InChI=1S/C11H11ClN4O2/c1-15(2)16-7-10(18-14-16)13-11(17)8-3-5-9(12)6-4-8/h3-7H,1-2H3/p+1. The van der Waals surface area contributed by atoms with Crippen LogP contribution in [0.5, 0.6) is 0 Å². The number of amides is 1. The molecule has 0 spiro atoms. The highest BCUT2D eigenvalue weighted by atomic mass is 35.5. The molecular formula is C11H12ClN4O2+. The predicted octanol–water partition coefficient (Wildman–Crippen LogP) is 1.07. The van der Waals surface area contributed by atoms with Gasteiger partial charge in [-0.05, 0) is 24.3 Å². The molecule has 2 rings (SSSR count). The first-order valence-electron chi connectivity index (χ1n) is 5.19. The van der Waals surface area contributed by atoms with E-state index >= 15 is 0 Å². The van der Waals surface area contributed by atoms with Crippen molar-refractivity contribution in [2.75, 3.05) is 24.4 Å². The molecule has 94 valence electrons. The first-order valence-corrected chi connectivity index (χ1v) is 5.57. The Balaban J connectivity index is 2.08. The Hall–Kier alpha value is -2.08. The van der Waals surface area contributed by atoms with Gasteiger partial charge in [-0.25, -0.2) is 0 Å². The normalized spacial score (nSPS) is 10.2. The van der Waals surface area contributed by atoms with Crippen molar-refractivity contribution in [1.82, 2.24) is 5.27 Å². The second-order valence-corrected chi connectivity index (χ2v) is 4.23. The summed E-state index contributed by atoms with van der Waals surface area (Å²) in [6.07, 6.45) is 1.56. The molecule has 1 N–H and O–H groups in total. The first kappa shape index (κ1) is 12.4. The molecule has 6 nitrogen and oxygen atoms in total. The Morgan fingerprint density at radius 2 is 2.06 bits per heavy atom. The van der Waals surface area contributed by atoms with Crippen LogP contribution in [0.1, 0.15) is 10.4 Å². The van der Waals surface area contributed by atoms with Crippen LogP contribution in [0.2, 0.25) is 5.02 Å². The fraction of sp³-hybridized carbons (Fsp3) is 0.182. The minimum Gasteiger partial charge on any atom is -0.285 e. The Labute approximate surface area is 109 Å². The molecule has 18 heavy (non-hydrogen) atoms. The van der Waals surface area contributed by atoms with E-state index < -0.39 is 0 Å². The Kier molecular flexibility index (Phi) is 3.47. The van der Waals surface area contributed by atoms with Crippen LogP contribution in [0.4, 0.5) is 5.88 Å². The van der Waals surface area contributed by atoms with E-state index in [9.17, 15) is 4.79 Å². The zero-order chi connectivity index (χ0) is 13.1. The third kappa shape index (κ3) is 2.78. The number of carbonyl (C=O) groups excluding carboxylic acids is 1. The SMILES string of the molecule is CN(C)[n+]1cc(NC(=O)c2ccc(Cl)cc2)on1. The van der Waals surface area contributed by atoms with Crippen LogP contribution in [-0.4, -0.2) is 25.3 Å². The van der Waals surface area contributed by atoms with Crippen LogP contribution in [0.15, 0.2) is 35.0 Å². The van der Waals surface area contributed by atoms with Gasteiger partial charge in [0, 0.05) is 10.6 Å². The van der Waals surface area contributed by atoms with E-state index in [1.54, 1.807) is 49.6 Å². The van der Waals surface area contributed by atoms with Crippen LogP contribution < -0.4 is 15.1 Å². The van der Waals surface area contributed by atoms with E-state index in [2.05, 4.69) is 10.6 Å². The molecule has 0 radical (unpaired) electrons. The van der Waals surface area contributed by atoms with Gasteiger partial charge in [-0.15, -0.1) is 0 Å². The van der Waals surface area contributed by atoms with Gasteiger partial charge < -0.3 is 0 Å². The molecule has 0 aliphatic carbocycles. The second-order valence-electron chi connectivity index (χ2n) is 3.79. The van der Waals surface area contributed by atoms with E-state index in [1.165, 1.54) is 4.79 Å². The minimum atomic E-state index is -0.284. The lowest BCUT2D eigenvalue weighted by atomic mass is 10.2. The maximum absolute atomic E-state index is 11.8. The molecule has 0 unspecified atom stereocenters. The van der Waals surface area contributed by atoms with E-state index in [0.29, 0.717) is 10.6 Å². The first-order chi connectivity index (χ1) is 8.56. The molecule has 0 saturated heterocycles. The van der Waals surface area contributed by atoms with Gasteiger partial charge in [0.25, 0.3) is 12.1 Å². The number of nitrogens with one attached hydrogen (secondary N) is 1. The van der Waals surface area contributed by atoms with Crippen LogP contribution in [-0.2, 0) is 0 Å². The molecular weight excluding hydrogens is 256 g/mol. The average Bonchev–Trinajstić information content (AvgIpc) is 2.78. The largest absolute Gasteiger partial charge is 0.306 e. The van der Waals surface area contributed by atoms with E-state index in [1.807, 2.05) is 0 Å². The molecule has 0 aliphatic rings. The number of anilines is 1. The lowest BCUT2D eigenvalue weighted by Crippen LogP contribution is -2.53. The van der Waals surface area contributed by atoms with E-state index in [0.717, 1.165) is 0 Å². The second kappa shape index (κ2) is 5.05. The van der Waals surface area contributed by atoms with Crippen LogP contribution in [0.25, 0.3) is 0 Å². The Morgan fingerprint density at radius 1 is 1.39 bits per heavy atom. The number of nitrogens with zero attached hydrogens (tertiary/aromatic N) is 3. The summed E-state index contributed by atoms with van der Waals surface area (Å²) in [4.78, 5) is 13.3. The molecule has 1 amide bonds. The van der Waals surface area contributed by atoms with Crippen LogP contribution in [0, 0.1) is 0 Å². The summed E-state index contributed by atoms with van der Waals surface area (Å²) >= 11 is 5.75. The third-order valence-corrected chi connectivity index (χ3v) is 2.46. The number of hydrogen-bond donors (Lipinski definition) is 1. The van der Waals surface area contributed by atoms with Gasteiger partial charge in [0.2, 0.25) is 5.27 Å². The van der Waals surface area contributed by atoms with E-state index in [4.69, 9.17) is 16.1 Å². The van der Waals surface area contributed by atoms with Crippen LogP contribution >= 0.6 is 11.6 Å². The molecule has 0 atom stereocenters. The van der Waals surface area contributed by atoms with Gasteiger partial charge in [0.05, 0.1) is 18.9 Å². The van der Waals surface area contributed by atoms with Gasteiger partial charge in [0.1, 0.15) is 0 Å². The highest BCUT2D eigenvalue weighted by Crippen LogP contribution is 2.11. The van der Waals surface area contributed by atoms with E-state index in [-0.39, 0.29) is 11.8 Å². The quantitative estimate of drug-likeness (QED) is 0.845. The van der Waals surface area contributed by atoms with Crippen molar-refractivity contribution < 1.29 is 14.1 Å². The molecule has 0 fully saturated rings. The summed E-state index contributed by atoms with van der Waals surface area (Å²) in [6, 6.07) is 6.57. The number of carbonyl (C=O) groups is 1. The Bertz CT molecular complexity index is 550. The lowest BCUT2D eigenvalue weighted by Gasteiger charge is -1.99. The zero-order valence-corrected chi connectivity index (χ0v) is 10.7. The molecule has 1 heterocycles. The smallest absolute Gasteiger partial charge is 0.285 e. The fourth-order valence-corrected chi connectivity index (χ4v) is 1.39. The van der Waals surface area contributed by atoms with Crippen molar-refractivity contribution in [3.63, 3.8) is 0 Å². The Morgan fingerprint density at radius 3 is 2.61 bits per heavy atom. The number of halogens is 1. The maximum Gasteiger partial charge on any atom is 0.306 e. The summed E-state index contributed by atoms with van der Waals surface area (Å²) in [5, 5.41) is 8.58. The highest BCUT2D eigenvalue weighted by molar-refractivity contribution is 6.30. The minimum absolute atomic E-state index is 0.267. The zero-order valence-electron chi connectivity index (χ0n) is 9.92. The number of hydrogen-bond acceptors (Lipinski definition) is 4. The highest BCUT2D eigenvalue weighted by Gasteiger charge is 2.16. The summed E-state index contributed by atoms with van der Waals surface area (Å²) in [6.45, 7) is 0. The molecule has 0 saturated carbocycles. The van der Waals surface area contributed by atoms with Crippen molar-refractivity contribution in [2.45, 2.75) is 0 Å². The molecule has 0 bridgehead atoms. The molecule has 0 aliphatic heterocycles. The number of rotatable bonds is 3. The number of benzene rings is 1. The monoisotopic (exact) mass is 267 g/mol. The van der Waals surface area contributed by atoms with Crippen molar-refractivity contribution in [1.29, 1.82) is 0 Å². The molecule has 7 heteroatoms. The summed E-state index contributed by atoms with van der Waals surface area (Å²) in [5.41, 5.74) is 0.493. The van der Waals surface area contributed by atoms with Crippen LogP contribution in [0.3, 0.4) is 0 Å². The van der Waals surface area contributed by atoms with Gasteiger partial charge in [-0.2, -0.15) is 5.01 Å². The third-order valence-electron chi connectivity index (χ3n) is 2.21. The van der Waals surface area contributed by atoms with Crippen molar-refractivity contribution in [2.24, 2.45) is 0 Å². The van der Waals surface area contributed by atoms with Crippen molar-refractivity contribution in [3.8, 4) is 0 Å². The predicted molar refractivity (Wildman–Crippen MR) is 66.2 cm³/mol. The topological polar surface area (TPSA) is 62.2 Å². The van der Waals surface area contributed by atoms with Gasteiger partial charge >= 0.3 is 5.88 Å². The molecule has 1 aromatic heterocycles. The fourth-order valence-electron chi connectivity index (χ4n) is 1.27. The van der Waals surface area contributed by atoms with Gasteiger partial charge in [-0.3, -0.25) is 14.6 Å². The van der Waals surface area contributed by atoms with Gasteiger partial charge in [0.15, 0.2) is 0 Å².